The van der Waals surface area contributed by atoms with Crippen LogP contribution < -0.4 is 10.6 Å². The summed E-state index contributed by atoms with van der Waals surface area (Å²) in [5.74, 6) is 0.812. The number of hydrogen-bond donors (Lipinski definition) is 2. The molecule has 6 nitrogen and oxygen atoms in total. The standard InChI is InChI=1S/C14H27N3O3.HI/c1-14(2)11(7-12(14)18-4)17-13(15-3)16-8-10-9-19-5-6-20-10;/h10-12H,5-9H2,1-4H3,(H2,15,16,17);1H. The summed E-state index contributed by atoms with van der Waals surface area (Å²) in [4.78, 5) is 4.27. The third-order valence-electron chi connectivity index (χ3n) is 4.38. The Morgan fingerprint density at radius 1 is 1.38 bits per heavy atom. The molecule has 0 amide bonds. The van der Waals surface area contributed by atoms with E-state index in [0.717, 1.165) is 12.4 Å². The van der Waals surface area contributed by atoms with Crippen LogP contribution in [-0.4, -0.2) is 64.7 Å². The van der Waals surface area contributed by atoms with E-state index in [1.807, 2.05) is 0 Å². The van der Waals surface area contributed by atoms with E-state index < -0.39 is 0 Å². The van der Waals surface area contributed by atoms with E-state index >= 15 is 0 Å². The Morgan fingerprint density at radius 3 is 2.67 bits per heavy atom. The van der Waals surface area contributed by atoms with Crippen LogP contribution in [-0.2, 0) is 14.2 Å². The van der Waals surface area contributed by atoms with E-state index in [1.165, 1.54) is 0 Å². The molecule has 0 aromatic carbocycles. The molecule has 21 heavy (non-hydrogen) atoms. The maximum absolute atomic E-state index is 5.60. The highest BCUT2D eigenvalue weighted by atomic mass is 127. The monoisotopic (exact) mass is 413 g/mol. The van der Waals surface area contributed by atoms with Gasteiger partial charge in [0.05, 0.1) is 32.0 Å². The van der Waals surface area contributed by atoms with Crippen molar-refractivity contribution in [1.82, 2.24) is 10.6 Å². The van der Waals surface area contributed by atoms with Crippen LogP contribution in [0.1, 0.15) is 20.3 Å². The van der Waals surface area contributed by atoms with Gasteiger partial charge in [0.1, 0.15) is 0 Å². The molecule has 124 valence electrons. The SMILES string of the molecule is CN=C(NCC1COCCO1)NC1CC(OC)C1(C)C.I. The Bertz CT molecular complexity index is 346. The molecule has 0 aromatic heterocycles. The molecule has 1 heterocycles. The van der Waals surface area contributed by atoms with Gasteiger partial charge >= 0.3 is 0 Å². The van der Waals surface area contributed by atoms with Crippen molar-refractivity contribution in [2.75, 3.05) is 40.5 Å². The fourth-order valence-corrected chi connectivity index (χ4v) is 2.75. The van der Waals surface area contributed by atoms with Crippen molar-refractivity contribution in [3.8, 4) is 0 Å². The Balaban J connectivity index is 0.00000220. The van der Waals surface area contributed by atoms with Crippen LogP contribution in [0, 0.1) is 5.41 Å². The topological polar surface area (TPSA) is 64.1 Å². The highest BCUT2D eigenvalue weighted by Gasteiger charge is 2.48. The lowest BCUT2D eigenvalue weighted by Crippen LogP contribution is -2.63. The molecule has 2 N–H and O–H groups in total. The summed E-state index contributed by atoms with van der Waals surface area (Å²) in [6, 6.07) is 0.377. The van der Waals surface area contributed by atoms with Gasteiger partial charge in [0.25, 0.3) is 0 Å². The second-order valence-corrected chi connectivity index (χ2v) is 6.00. The van der Waals surface area contributed by atoms with Crippen LogP contribution in [0.15, 0.2) is 4.99 Å². The molecule has 2 aliphatic rings. The molecule has 0 spiro atoms. The largest absolute Gasteiger partial charge is 0.381 e. The molecule has 0 radical (unpaired) electrons. The Hall–Kier alpha value is -0.120. The zero-order valence-corrected chi connectivity index (χ0v) is 15.7. The predicted octanol–water partition coefficient (Wildman–Crippen LogP) is 0.998. The Morgan fingerprint density at radius 2 is 2.14 bits per heavy atom. The first-order valence-corrected chi connectivity index (χ1v) is 7.27. The summed E-state index contributed by atoms with van der Waals surface area (Å²) in [6.07, 6.45) is 1.42. The third kappa shape index (κ3) is 4.67. The van der Waals surface area contributed by atoms with Gasteiger partial charge in [-0.05, 0) is 6.42 Å². The minimum absolute atomic E-state index is 0. The lowest BCUT2D eigenvalue weighted by atomic mass is 9.64. The molecule has 2 fully saturated rings. The molecule has 3 unspecified atom stereocenters. The van der Waals surface area contributed by atoms with Crippen LogP contribution in [0.5, 0.6) is 0 Å². The highest BCUT2D eigenvalue weighted by Crippen LogP contribution is 2.42. The van der Waals surface area contributed by atoms with Gasteiger partial charge in [-0.2, -0.15) is 0 Å². The average molecular weight is 413 g/mol. The second kappa shape index (κ2) is 8.50. The van der Waals surface area contributed by atoms with Gasteiger partial charge in [-0.25, -0.2) is 0 Å². The summed E-state index contributed by atoms with van der Waals surface area (Å²) in [7, 11) is 3.56. The van der Waals surface area contributed by atoms with Crippen LogP contribution in [0.4, 0.5) is 0 Å². The van der Waals surface area contributed by atoms with E-state index in [-0.39, 0.29) is 35.5 Å². The molecular weight excluding hydrogens is 385 g/mol. The smallest absolute Gasteiger partial charge is 0.191 e. The lowest BCUT2D eigenvalue weighted by Gasteiger charge is -2.51. The molecule has 7 heteroatoms. The summed E-state index contributed by atoms with van der Waals surface area (Å²) < 4.78 is 16.4. The van der Waals surface area contributed by atoms with Gasteiger partial charge in [0.15, 0.2) is 5.96 Å². The number of aliphatic imine (C=N–C) groups is 1. The molecule has 0 aromatic rings. The van der Waals surface area contributed by atoms with Crippen molar-refractivity contribution in [1.29, 1.82) is 0 Å². The number of rotatable bonds is 4. The van der Waals surface area contributed by atoms with Crippen LogP contribution >= 0.6 is 24.0 Å². The van der Waals surface area contributed by atoms with Gasteiger partial charge in [-0.3, -0.25) is 4.99 Å². The predicted molar refractivity (Wildman–Crippen MR) is 93.5 cm³/mol. The summed E-state index contributed by atoms with van der Waals surface area (Å²) >= 11 is 0. The lowest BCUT2D eigenvalue weighted by molar-refractivity contribution is -0.0929. The highest BCUT2D eigenvalue weighted by molar-refractivity contribution is 14.0. The van der Waals surface area contributed by atoms with Crippen LogP contribution in [0.2, 0.25) is 0 Å². The third-order valence-corrected chi connectivity index (χ3v) is 4.38. The molecule has 3 atom stereocenters. The summed E-state index contributed by atoms with van der Waals surface area (Å²) in [6.45, 7) is 7.15. The van der Waals surface area contributed by atoms with Gasteiger partial charge < -0.3 is 24.8 Å². The first-order chi connectivity index (χ1) is 9.57. The van der Waals surface area contributed by atoms with E-state index in [0.29, 0.717) is 38.5 Å². The number of nitrogens with zero attached hydrogens (tertiary/aromatic N) is 1. The van der Waals surface area contributed by atoms with Gasteiger partial charge in [0, 0.05) is 32.2 Å². The number of methoxy groups -OCH3 is 1. The average Bonchev–Trinajstić information content (AvgIpc) is 2.47. The van der Waals surface area contributed by atoms with Crippen molar-refractivity contribution < 1.29 is 14.2 Å². The van der Waals surface area contributed by atoms with Gasteiger partial charge in [-0.15, -0.1) is 24.0 Å². The number of halogens is 1. The fourth-order valence-electron chi connectivity index (χ4n) is 2.75. The van der Waals surface area contributed by atoms with Crippen molar-refractivity contribution in [3.63, 3.8) is 0 Å². The fraction of sp³-hybridized carbons (Fsp3) is 0.929. The zero-order chi connectivity index (χ0) is 14.6. The van der Waals surface area contributed by atoms with E-state index in [4.69, 9.17) is 14.2 Å². The zero-order valence-electron chi connectivity index (χ0n) is 13.3. The minimum atomic E-state index is 0. The van der Waals surface area contributed by atoms with E-state index in [9.17, 15) is 0 Å². The Kier molecular flexibility index (Phi) is 7.66. The number of guanidine groups is 1. The van der Waals surface area contributed by atoms with E-state index in [2.05, 4.69) is 29.5 Å². The molecule has 1 aliphatic heterocycles. The van der Waals surface area contributed by atoms with Crippen molar-refractivity contribution in [2.24, 2.45) is 10.4 Å². The minimum Gasteiger partial charge on any atom is -0.381 e. The van der Waals surface area contributed by atoms with Gasteiger partial charge in [-0.1, -0.05) is 13.8 Å². The van der Waals surface area contributed by atoms with Crippen molar-refractivity contribution in [3.05, 3.63) is 0 Å². The molecule has 0 bridgehead atoms. The summed E-state index contributed by atoms with van der Waals surface area (Å²) in [5, 5.41) is 6.76. The molecule has 1 aliphatic carbocycles. The number of nitrogens with one attached hydrogen (secondary N) is 2. The maximum Gasteiger partial charge on any atom is 0.191 e. The van der Waals surface area contributed by atoms with Crippen LogP contribution in [0.3, 0.4) is 0 Å². The van der Waals surface area contributed by atoms with Crippen molar-refractivity contribution in [2.45, 2.75) is 38.5 Å². The quantitative estimate of drug-likeness (QED) is 0.409. The van der Waals surface area contributed by atoms with Gasteiger partial charge in [0.2, 0.25) is 0 Å². The first kappa shape index (κ1) is 18.9. The molecular formula is C14H28IN3O3. The summed E-state index contributed by atoms with van der Waals surface area (Å²) in [5.41, 5.74) is 0.122. The maximum atomic E-state index is 5.60. The first-order valence-electron chi connectivity index (χ1n) is 7.27. The molecule has 1 saturated heterocycles. The van der Waals surface area contributed by atoms with Crippen molar-refractivity contribution >= 4 is 29.9 Å². The molecule has 1 saturated carbocycles. The van der Waals surface area contributed by atoms with E-state index in [1.54, 1.807) is 14.2 Å². The Labute approximate surface area is 144 Å². The number of hydrogen-bond acceptors (Lipinski definition) is 4. The number of ether oxygens (including phenoxy) is 3. The van der Waals surface area contributed by atoms with Crippen LogP contribution in [0.25, 0.3) is 0 Å². The molecule has 2 rings (SSSR count). The second-order valence-electron chi connectivity index (χ2n) is 6.00. The normalized spacial score (nSPS) is 31.8.